The highest BCUT2D eigenvalue weighted by Gasteiger charge is 2.22. The predicted molar refractivity (Wildman–Crippen MR) is 116 cm³/mol. The van der Waals surface area contributed by atoms with E-state index in [0.717, 1.165) is 5.82 Å². The number of piperazine rings is 1. The van der Waals surface area contributed by atoms with Crippen LogP contribution in [-0.2, 0) is 9.53 Å². The smallest absolute Gasteiger partial charge is 0.339 e. The molecule has 2 heterocycles. The van der Waals surface area contributed by atoms with Crippen LogP contribution in [0.1, 0.15) is 41.0 Å². The summed E-state index contributed by atoms with van der Waals surface area (Å²) in [5.41, 5.74) is 1.06. The number of hydrogen-bond acceptors (Lipinski definition) is 7. The number of esters is 1. The molecule has 8 nitrogen and oxygen atoms in total. The van der Waals surface area contributed by atoms with Gasteiger partial charge in [0.1, 0.15) is 11.6 Å². The quantitative estimate of drug-likeness (QED) is 0.474. The molecule has 3 rings (SSSR count). The predicted octanol–water partition coefficient (Wildman–Crippen LogP) is 2.58. The van der Waals surface area contributed by atoms with Crippen molar-refractivity contribution in [2.45, 2.75) is 20.3 Å². The highest BCUT2D eigenvalue weighted by Crippen LogP contribution is 2.16. The molecule has 0 atom stereocenters. The molecule has 1 aromatic carbocycles. The van der Waals surface area contributed by atoms with Gasteiger partial charge in [0.2, 0.25) is 0 Å². The molecule has 164 valence electrons. The zero-order valence-corrected chi connectivity index (χ0v) is 17.9. The molecule has 0 aliphatic carbocycles. The SMILES string of the molecule is CCOC(=O)c1ccc(N2CCN(C(=O)COc3ccc(C(=O)CC)cc3)CC2)nc1. The Balaban J connectivity index is 1.46. The van der Waals surface area contributed by atoms with Crippen molar-refractivity contribution in [3.8, 4) is 5.75 Å². The van der Waals surface area contributed by atoms with Crippen molar-refractivity contribution in [2.75, 3.05) is 44.3 Å². The zero-order valence-electron chi connectivity index (χ0n) is 17.9. The van der Waals surface area contributed by atoms with E-state index in [0.29, 0.717) is 56.1 Å². The number of benzene rings is 1. The van der Waals surface area contributed by atoms with Crippen molar-refractivity contribution in [1.82, 2.24) is 9.88 Å². The van der Waals surface area contributed by atoms with Gasteiger partial charge in [-0.05, 0) is 43.3 Å². The molecule has 31 heavy (non-hydrogen) atoms. The molecule has 1 saturated heterocycles. The van der Waals surface area contributed by atoms with E-state index in [1.54, 1.807) is 48.2 Å². The summed E-state index contributed by atoms with van der Waals surface area (Å²) in [6.45, 7) is 6.27. The van der Waals surface area contributed by atoms with Gasteiger partial charge in [-0.1, -0.05) is 6.92 Å². The first-order valence-electron chi connectivity index (χ1n) is 10.4. The molecule has 1 aliphatic rings. The van der Waals surface area contributed by atoms with E-state index in [4.69, 9.17) is 9.47 Å². The second kappa shape index (κ2) is 10.6. The molecule has 8 heteroatoms. The monoisotopic (exact) mass is 425 g/mol. The van der Waals surface area contributed by atoms with Gasteiger partial charge >= 0.3 is 5.97 Å². The number of nitrogens with zero attached hydrogens (tertiary/aromatic N) is 3. The van der Waals surface area contributed by atoms with Crippen LogP contribution >= 0.6 is 0 Å². The van der Waals surface area contributed by atoms with Gasteiger partial charge in [-0.15, -0.1) is 0 Å². The lowest BCUT2D eigenvalue weighted by molar-refractivity contribution is -0.133. The Bertz CT molecular complexity index is 904. The van der Waals surface area contributed by atoms with E-state index in [9.17, 15) is 14.4 Å². The average molecular weight is 425 g/mol. The first-order valence-corrected chi connectivity index (χ1v) is 10.4. The van der Waals surface area contributed by atoms with Crippen molar-refractivity contribution in [3.05, 3.63) is 53.7 Å². The molecule has 0 N–H and O–H groups in total. The average Bonchev–Trinajstić information content (AvgIpc) is 2.82. The number of pyridine rings is 1. The van der Waals surface area contributed by atoms with Crippen LogP contribution in [0.4, 0.5) is 5.82 Å². The number of hydrogen-bond donors (Lipinski definition) is 0. The number of ether oxygens (including phenoxy) is 2. The van der Waals surface area contributed by atoms with Crippen molar-refractivity contribution < 1.29 is 23.9 Å². The largest absolute Gasteiger partial charge is 0.484 e. The third kappa shape index (κ3) is 5.81. The summed E-state index contributed by atoms with van der Waals surface area (Å²) < 4.78 is 10.6. The molecule has 0 bridgehead atoms. The molecule has 1 amide bonds. The number of Topliss-reactive ketones (excluding diaryl/α,β-unsaturated/α-hetero) is 1. The molecular formula is C23H27N3O5. The van der Waals surface area contributed by atoms with Crippen LogP contribution in [0.25, 0.3) is 0 Å². The minimum atomic E-state index is -0.386. The Hall–Kier alpha value is -3.42. The third-order valence-electron chi connectivity index (χ3n) is 5.08. The van der Waals surface area contributed by atoms with E-state index in [-0.39, 0.29) is 24.3 Å². The van der Waals surface area contributed by atoms with E-state index in [1.807, 2.05) is 6.92 Å². The van der Waals surface area contributed by atoms with Crippen LogP contribution in [-0.4, -0.2) is 66.9 Å². The Labute approximate surface area is 181 Å². The fraction of sp³-hybridized carbons (Fsp3) is 0.391. The summed E-state index contributed by atoms with van der Waals surface area (Å²) in [5, 5.41) is 0. The maximum Gasteiger partial charge on any atom is 0.339 e. The first kappa shape index (κ1) is 22.3. The van der Waals surface area contributed by atoms with Gasteiger partial charge in [-0.3, -0.25) is 9.59 Å². The van der Waals surface area contributed by atoms with Crippen molar-refractivity contribution in [3.63, 3.8) is 0 Å². The summed E-state index contributed by atoms with van der Waals surface area (Å²) in [7, 11) is 0. The fourth-order valence-electron chi connectivity index (χ4n) is 3.27. The van der Waals surface area contributed by atoms with E-state index in [1.165, 1.54) is 6.20 Å². The van der Waals surface area contributed by atoms with E-state index in [2.05, 4.69) is 9.88 Å². The normalized spacial score (nSPS) is 13.6. The topological polar surface area (TPSA) is 89.0 Å². The summed E-state index contributed by atoms with van der Waals surface area (Å²) in [6.07, 6.45) is 1.97. The van der Waals surface area contributed by atoms with E-state index >= 15 is 0 Å². The molecule has 1 aromatic heterocycles. The number of rotatable bonds is 8. The minimum absolute atomic E-state index is 0.0481. The van der Waals surface area contributed by atoms with Gasteiger partial charge in [0.15, 0.2) is 12.4 Å². The lowest BCUT2D eigenvalue weighted by atomic mass is 10.1. The minimum Gasteiger partial charge on any atom is -0.484 e. The van der Waals surface area contributed by atoms with Gasteiger partial charge in [-0.25, -0.2) is 9.78 Å². The van der Waals surface area contributed by atoms with Gasteiger partial charge < -0.3 is 19.3 Å². The van der Waals surface area contributed by atoms with Crippen LogP contribution in [0.5, 0.6) is 5.75 Å². The second-order valence-electron chi connectivity index (χ2n) is 7.08. The highest BCUT2D eigenvalue weighted by molar-refractivity contribution is 5.95. The van der Waals surface area contributed by atoms with E-state index < -0.39 is 0 Å². The number of ketones is 1. The number of anilines is 1. The highest BCUT2D eigenvalue weighted by atomic mass is 16.5. The van der Waals surface area contributed by atoms with Crippen LogP contribution in [0.3, 0.4) is 0 Å². The molecule has 0 radical (unpaired) electrons. The first-order chi connectivity index (χ1) is 15.0. The Kier molecular flexibility index (Phi) is 7.59. The number of carbonyl (C=O) groups excluding carboxylic acids is 3. The Morgan fingerprint density at radius 3 is 2.19 bits per heavy atom. The summed E-state index contributed by atoms with van der Waals surface area (Å²) in [4.78, 5) is 44.1. The lowest BCUT2D eigenvalue weighted by Crippen LogP contribution is -2.50. The summed E-state index contributed by atoms with van der Waals surface area (Å²) >= 11 is 0. The molecule has 0 saturated carbocycles. The second-order valence-corrected chi connectivity index (χ2v) is 7.08. The van der Waals surface area contributed by atoms with Gasteiger partial charge in [-0.2, -0.15) is 0 Å². The number of aromatic nitrogens is 1. The molecular weight excluding hydrogens is 398 g/mol. The fourth-order valence-corrected chi connectivity index (χ4v) is 3.27. The van der Waals surface area contributed by atoms with Crippen molar-refractivity contribution >= 4 is 23.5 Å². The number of amides is 1. The van der Waals surface area contributed by atoms with Crippen LogP contribution in [0, 0.1) is 0 Å². The molecule has 2 aromatic rings. The van der Waals surface area contributed by atoms with Gasteiger partial charge in [0.25, 0.3) is 5.91 Å². The maximum atomic E-state index is 12.5. The Morgan fingerprint density at radius 1 is 0.935 bits per heavy atom. The Morgan fingerprint density at radius 2 is 1.61 bits per heavy atom. The number of carbonyl (C=O) groups is 3. The third-order valence-corrected chi connectivity index (χ3v) is 5.08. The van der Waals surface area contributed by atoms with Gasteiger partial charge in [0.05, 0.1) is 12.2 Å². The van der Waals surface area contributed by atoms with Crippen LogP contribution in [0.2, 0.25) is 0 Å². The molecule has 1 fully saturated rings. The summed E-state index contributed by atoms with van der Waals surface area (Å²) in [6, 6.07) is 10.3. The van der Waals surface area contributed by atoms with Crippen molar-refractivity contribution in [1.29, 1.82) is 0 Å². The molecule has 0 spiro atoms. The lowest BCUT2D eigenvalue weighted by Gasteiger charge is -2.35. The summed E-state index contributed by atoms with van der Waals surface area (Å²) in [5.74, 6) is 0.928. The van der Waals surface area contributed by atoms with Crippen molar-refractivity contribution in [2.24, 2.45) is 0 Å². The van der Waals surface area contributed by atoms with Crippen LogP contribution in [0.15, 0.2) is 42.6 Å². The zero-order chi connectivity index (χ0) is 22.2. The molecule has 0 unspecified atom stereocenters. The van der Waals surface area contributed by atoms with Gasteiger partial charge in [0, 0.05) is 44.4 Å². The molecule has 1 aliphatic heterocycles. The van der Waals surface area contributed by atoms with Crippen LogP contribution < -0.4 is 9.64 Å². The standard InChI is InChI=1S/C23H27N3O5/c1-3-20(27)17-5-8-19(9-6-17)31-16-22(28)26-13-11-25(12-14-26)21-10-7-18(15-24-21)23(29)30-4-2/h5-10,15H,3-4,11-14,16H2,1-2H3. The maximum absolute atomic E-state index is 12.5.